The Morgan fingerprint density at radius 2 is 2.06 bits per heavy atom. The highest BCUT2D eigenvalue weighted by atomic mass is 16.2. The van der Waals surface area contributed by atoms with Crippen LogP contribution in [0.25, 0.3) is 0 Å². The minimum Gasteiger partial charge on any atom is -0.325 e. The van der Waals surface area contributed by atoms with Crippen LogP contribution >= 0.6 is 0 Å². The average Bonchev–Trinajstić information content (AvgIpc) is 3.11. The molecule has 1 spiro atoms. The Morgan fingerprint density at radius 3 is 2.53 bits per heavy atom. The third-order valence-electron chi connectivity index (χ3n) is 4.94. The fourth-order valence-electron chi connectivity index (χ4n) is 3.20. The maximum absolute atomic E-state index is 12.4. The molecule has 1 N–H and O–H groups in total. The van der Waals surface area contributed by atoms with E-state index in [1.165, 1.54) is 6.42 Å². The number of amides is 1. The van der Waals surface area contributed by atoms with E-state index in [2.05, 4.69) is 31.0 Å². The van der Waals surface area contributed by atoms with Crippen molar-refractivity contribution >= 4 is 5.91 Å². The summed E-state index contributed by atoms with van der Waals surface area (Å²) in [4.78, 5) is 14.6. The lowest BCUT2D eigenvalue weighted by molar-refractivity contribution is -0.131. The molecule has 1 saturated heterocycles. The lowest BCUT2D eigenvalue weighted by Crippen LogP contribution is -2.39. The van der Waals surface area contributed by atoms with Gasteiger partial charge < -0.3 is 4.90 Å². The molecule has 3 heteroatoms. The monoisotopic (exact) mass is 236 g/mol. The second kappa shape index (κ2) is 3.47. The van der Waals surface area contributed by atoms with Gasteiger partial charge in [0.15, 0.2) is 0 Å². The largest absolute Gasteiger partial charge is 0.325 e. The van der Waals surface area contributed by atoms with Crippen molar-refractivity contribution in [2.75, 3.05) is 6.54 Å². The molecule has 2 unspecified atom stereocenters. The predicted molar refractivity (Wildman–Crippen MR) is 67.4 cm³/mol. The topological polar surface area (TPSA) is 32.3 Å². The van der Waals surface area contributed by atoms with Gasteiger partial charge in [0, 0.05) is 6.54 Å². The first-order valence-corrected chi connectivity index (χ1v) is 7.07. The van der Waals surface area contributed by atoms with Gasteiger partial charge in [-0.1, -0.05) is 27.2 Å². The summed E-state index contributed by atoms with van der Waals surface area (Å²) in [7, 11) is 0. The molecular formula is C14H24N2O. The van der Waals surface area contributed by atoms with E-state index in [1.54, 1.807) is 0 Å². The van der Waals surface area contributed by atoms with Gasteiger partial charge >= 0.3 is 0 Å². The van der Waals surface area contributed by atoms with Gasteiger partial charge in [0.1, 0.15) is 0 Å². The Balaban J connectivity index is 1.69. The van der Waals surface area contributed by atoms with Gasteiger partial charge in [-0.05, 0) is 37.0 Å². The van der Waals surface area contributed by atoms with Crippen molar-refractivity contribution in [1.29, 1.82) is 0 Å². The second-order valence-electron chi connectivity index (χ2n) is 6.88. The van der Waals surface area contributed by atoms with Crippen LogP contribution in [0.1, 0.15) is 52.9 Å². The van der Waals surface area contributed by atoms with Gasteiger partial charge in [-0.25, -0.2) is 0 Å². The van der Waals surface area contributed by atoms with Gasteiger partial charge in [-0.2, -0.15) is 0 Å². The van der Waals surface area contributed by atoms with Crippen LogP contribution in [0.5, 0.6) is 0 Å². The summed E-state index contributed by atoms with van der Waals surface area (Å²) in [6, 6.07) is 0. The minimum absolute atomic E-state index is 0.126. The molecule has 3 fully saturated rings. The summed E-state index contributed by atoms with van der Waals surface area (Å²) in [6.45, 7) is 7.80. The molecule has 2 aliphatic carbocycles. The molecular weight excluding hydrogens is 212 g/mol. The Kier molecular flexibility index (Phi) is 2.35. The maximum Gasteiger partial charge on any atom is 0.244 e. The maximum atomic E-state index is 12.4. The summed E-state index contributed by atoms with van der Waals surface area (Å²) in [5, 5.41) is 3.58. The Bertz CT molecular complexity index is 346. The number of carbonyl (C=O) groups excluding carboxylic acids is 1. The molecule has 1 heterocycles. The molecule has 3 rings (SSSR count). The number of carbonyl (C=O) groups is 1. The molecule has 0 aromatic rings. The fraction of sp³-hybridized carbons (Fsp3) is 0.929. The van der Waals surface area contributed by atoms with Crippen LogP contribution in [-0.2, 0) is 4.79 Å². The quantitative estimate of drug-likeness (QED) is 0.811. The standard InChI is InChI=1S/C14H24N2O/c1-4-5-11-15-14(6-7-14)12(17)16(11)9-10-8-13(10,2)3/h10-11,15H,4-9H2,1-3H3. The van der Waals surface area contributed by atoms with E-state index in [-0.39, 0.29) is 5.54 Å². The Morgan fingerprint density at radius 1 is 1.41 bits per heavy atom. The van der Waals surface area contributed by atoms with Crippen molar-refractivity contribution < 1.29 is 4.79 Å². The summed E-state index contributed by atoms with van der Waals surface area (Å²) >= 11 is 0. The number of hydrogen-bond donors (Lipinski definition) is 1. The second-order valence-corrected chi connectivity index (χ2v) is 6.88. The van der Waals surface area contributed by atoms with Gasteiger partial charge in [0.25, 0.3) is 0 Å². The molecule has 1 amide bonds. The lowest BCUT2D eigenvalue weighted by Gasteiger charge is -2.24. The first kappa shape index (κ1) is 11.5. The average molecular weight is 236 g/mol. The van der Waals surface area contributed by atoms with E-state index < -0.39 is 0 Å². The Hall–Kier alpha value is -0.570. The summed E-state index contributed by atoms with van der Waals surface area (Å²) in [6.07, 6.45) is 5.94. The van der Waals surface area contributed by atoms with E-state index in [4.69, 9.17) is 0 Å². The summed E-state index contributed by atoms with van der Waals surface area (Å²) in [5.41, 5.74) is 0.342. The van der Waals surface area contributed by atoms with Crippen molar-refractivity contribution in [2.24, 2.45) is 11.3 Å². The molecule has 0 bridgehead atoms. The van der Waals surface area contributed by atoms with Gasteiger partial charge in [-0.15, -0.1) is 0 Å². The number of rotatable bonds is 4. The molecule has 0 radical (unpaired) electrons. The highest BCUT2D eigenvalue weighted by molar-refractivity contribution is 5.91. The lowest BCUT2D eigenvalue weighted by atomic mass is 10.1. The minimum atomic E-state index is -0.126. The molecule has 17 heavy (non-hydrogen) atoms. The van der Waals surface area contributed by atoms with E-state index in [0.29, 0.717) is 17.5 Å². The predicted octanol–water partition coefficient (Wildman–Crippen LogP) is 2.12. The van der Waals surface area contributed by atoms with Crippen LogP contribution in [0.2, 0.25) is 0 Å². The zero-order valence-electron chi connectivity index (χ0n) is 11.3. The number of nitrogens with zero attached hydrogens (tertiary/aromatic N) is 1. The SMILES string of the molecule is CCCC1NC2(CC2)C(=O)N1CC1CC1(C)C. The van der Waals surface area contributed by atoms with E-state index >= 15 is 0 Å². The zero-order valence-corrected chi connectivity index (χ0v) is 11.3. The van der Waals surface area contributed by atoms with Gasteiger partial charge in [0.05, 0.1) is 11.7 Å². The van der Waals surface area contributed by atoms with Crippen LogP contribution in [-0.4, -0.2) is 29.1 Å². The summed E-state index contributed by atoms with van der Waals surface area (Å²) < 4.78 is 0. The first-order valence-electron chi connectivity index (χ1n) is 7.07. The van der Waals surface area contributed by atoms with Crippen LogP contribution in [0.15, 0.2) is 0 Å². The first-order chi connectivity index (χ1) is 7.98. The van der Waals surface area contributed by atoms with Crippen LogP contribution in [0.4, 0.5) is 0 Å². The van der Waals surface area contributed by atoms with Crippen molar-refractivity contribution in [3.63, 3.8) is 0 Å². The fourth-order valence-corrected chi connectivity index (χ4v) is 3.20. The number of hydrogen-bond acceptors (Lipinski definition) is 2. The summed E-state index contributed by atoms with van der Waals surface area (Å²) in [5.74, 6) is 1.11. The molecule has 3 nitrogen and oxygen atoms in total. The molecule has 3 aliphatic rings. The smallest absolute Gasteiger partial charge is 0.244 e. The molecule has 0 aromatic heterocycles. The molecule has 1 aliphatic heterocycles. The zero-order chi connectivity index (χ0) is 12.3. The van der Waals surface area contributed by atoms with Crippen molar-refractivity contribution in [1.82, 2.24) is 10.2 Å². The molecule has 96 valence electrons. The molecule has 0 aromatic carbocycles. The van der Waals surface area contributed by atoms with Crippen LogP contribution in [0, 0.1) is 11.3 Å². The third-order valence-corrected chi connectivity index (χ3v) is 4.94. The van der Waals surface area contributed by atoms with E-state index in [9.17, 15) is 4.79 Å². The van der Waals surface area contributed by atoms with Gasteiger partial charge in [0.2, 0.25) is 5.91 Å². The van der Waals surface area contributed by atoms with Crippen molar-refractivity contribution in [2.45, 2.75) is 64.6 Å². The number of nitrogens with one attached hydrogen (secondary N) is 1. The molecule has 2 atom stereocenters. The van der Waals surface area contributed by atoms with Crippen molar-refractivity contribution in [3.05, 3.63) is 0 Å². The van der Waals surface area contributed by atoms with Crippen molar-refractivity contribution in [3.8, 4) is 0 Å². The highest BCUT2D eigenvalue weighted by Gasteiger charge is 2.60. The Labute approximate surface area is 104 Å². The van der Waals surface area contributed by atoms with E-state index in [1.807, 2.05) is 0 Å². The molecule has 2 saturated carbocycles. The van der Waals surface area contributed by atoms with E-state index in [0.717, 1.165) is 38.1 Å². The van der Waals surface area contributed by atoms with Crippen LogP contribution < -0.4 is 5.32 Å². The van der Waals surface area contributed by atoms with Crippen LogP contribution in [0.3, 0.4) is 0 Å². The third kappa shape index (κ3) is 1.79. The highest BCUT2D eigenvalue weighted by Crippen LogP contribution is 2.53. The van der Waals surface area contributed by atoms with Gasteiger partial charge in [-0.3, -0.25) is 10.1 Å². The normalized spacial score (nSPS) is 36.6.